The zero-order valence-electron chi connectivity index (χ0n) is 21.5. The van der Waals surface area contributed by atoms with E-state index in [9.17, 15) is 4.79 Å². The molecule has 0 unspecified atom stereocenters. The van der Waals surface area contributed by atoms with Crippen LogP contribution >= 0.6 is 0 Å². The summed E-state index contributed by atoms with van der Waals surface area (Å²) >= 11 is 0. The molecule has 7 nitrogen and oxygen atoms in total. The van der Waals surface area contributed by atoms with Crippen LogP contribution < -0.4 is 9.47 Å². The number of ether oxygens (including phenoxy) is 2. The van der Waals surface area contributed by atoms with Gasteiger partial charge in [0, 0.05) is 44.2 Å². The monoisotopic (exact) mass is 488 g/mol. The van der Waals surface area contributed by atoms with Crippen molar-refractivity contribution in [3.63, 3.8) is 0 Å². The molecule has 2 aliphatic heterocycles. The van der Waals surface area contributed by atoms with Crippen LogP contribution in [-0.4, -0.2) is 73.9 Å². The first-order chi connectivity index (χ1) is 17.6. The summed E-state index contributed by atoms with van der Waals surface area (Å²) in [5.74, 6) is 1.44. The maximum atomic E-state index is 13.5. The Morgan fingerprint density at radius 1 is 0.833 bits per heavy atom. The van der Waals surface area contributed by atoms with Gasteiger partial charge in [0.1, 0.15) is 0 Å². The molecule has 0 aromatic heterocycles. The number of piperazine rings is 1. The smallest absolute Gasteiger partial charge is 0.247 e. The van der Waals surface area contributed by atoms with E-state index in [1.54, 1.807) is 19.2 Å². The van der Waals surface area contributed by atoms with Crippen LogP contribution in [0.5, 0.6) is 11.5 Å². The van der Waals surface area contributed by atoms with Crippen molar-refractivity contribution in [2.75, 3.05) is 47.4 Å². The van der Waals surface area contributed by atoms with Crippen LogP contribution in [0.4, 0.5) is 0 Å². The Hall–Kier alpha value is -3.16. The number of amides is 1. The van der Waals surface area contributed by atoms with E-state index < -0.39 is 0 Å². The van der Waals surface area contributed by atoms with Crippen molar-refractivity contribution in [2.45, 2.75) is 25.9 Å². The minimum Gasteiger partial charge on any atom is -0.493 e. The number of likely N-dealkylation sites (N-methyl/N-ethyl adjacent to an activating group) is 1. The highest BCUT2D eigenvalue weighted by Gasteiger charge is 2.40. The second-order valence-electron chi connectivity index (χ2n) is 10.0. The number of rotatable bonds is 7. The van der Waals surface area contributed by atoms with Crippen molar-refractivity contribution in [1.82, 2.24) is 14.8 Å². The minimum absolute atomic E-state index is 0.0721. The molecule has 1 amide bonds. The molecule has 0 radical (unpaired) electrons. The fraction of sp³-hybridized carbons (Fsp3) is 0.448. The lowest BCUT2D eigenvalue weighted by molar-refractivity contribution is -0.138. The number of methoxy groups -OCH3 is 2. The topological polar surface area (TPSA) is 57.6 Å². The Bertz CT molecular complexity index is 1140. The molecular formula is C29H36N4O3. The van der Waals surface area contributed by atoms with Gasteiger partial charge in [0.15, 0.2) is 11.5 Å². The number of hydrogen-bond acceptors (Lipinski definition) is 6. The number of allylic oxidation sites excluding steroid dienone is 2. The molecule has 2 aromatic rings. The van der Waals surface area contributed by atoms with Gasteiger partial charge in [-0.15, -0.1) is 0 Å². The number of carbonyl (C=O) groups is 1. The molecule has 2 atom stereocenters. The predicted octanol–water partition coefficient (Wildman–Crippen LogP) is 3.78. The van der Waals surface area contributed by atoms with Gasteiger partial charge in [-0.05, 0) is 49.2 Å². The summed E-state index contributed by atoms with van der Waals surface area (Å²) in [6.07, 6.45) is 5.86. The molecule has 1 fully saturated rings. The molecule has 1 saturated heterocycles. The third-order valence-electron chi connectivity index (χ3n) is 7.62. The normalized spacial score (nSPS) is 22.8. The fourth-order valence-electron chi connectivity index (χ4n) is 5.40. The standard InChI is InChI=1S/C29H36N4O3/c1-31-14-16-32(17-15-31)19-21-8-10-22(11-9-21)20-33-29(34)25-7-5-4-6-24(25)28(30-33)23-12-13-26(35-2)27(18-23)36-3/h4-5,8-13,18,24-25H,6-7,14-17,19-20H2,1-3H3/t24-,25+/m1/s1. The first kappa shape index (κ1) is 24.5. The van der Waals surface area contributed by atoms with E-state index in [4.69, 9.17) is 14.6 Å². The molecule has 0 saturated carbocycles. The first-order valence-corrected chi connectivity index (χ1v) is 12.8. The minimum atomic E-state index is -0.0906. The molecule has 2 heterocycles. The van der Waals surface area contributed by atoms with Crippen LogP contribution in [0, 0.1) is 11.8 Å². The summed E-state index contributed by atoms with van der Waals surface area (Å²) in [6.45, 7) is 5.88. The molecule has 5 rings (SSSR count). The maximum absolute atomic E-state index is 13.5. The van der Waals surface area contributed by atoms with Gasteiger partial charge >= 0.3 is 0 Å². The van der Waals surface area contributed by atoms with Gasteiger partial charge in [-0.25, -0.2) is 5.01 Å². The van der Waals surface area contributed by atoms with Gasteiger partial charge in [0.2, 0.25) is 5.91 Å². The zero-order chi connectivity index (χ0) is 25.1. The van der Waals surface area contributed by atoms with Crippen molar-refractivity contribution in [3.8, 4) is 11.5 Å². The van der Waals surface area contributed by atoms with Crippen LogP contribution in [0.2, 0.25) is 0 Å². The van der Waals surface area contributed by atoms with E-state index in [2.05, 4.69) is 53.3 Å². The quantitative estimate of drug-likeness (QED) is 0.556. The highest BCUT2D eigenvalue weighted by molar-refractivity contribution is 6.07. The van der Waals surface area contributed by atoms with Crippen LogP contribution in [0.3, 0.4) is 0 Å². The molecule has 0 bridgehead atoms. The van der Waals surface area contributed by atoms with Gasteiger partial charge in [-0.1, -0.05) is 36.4 Å². The Morgan fingerprint density at radius 2 is 1.47 bits per heavy atom. The molecule has 2 aromatic carbocycles. The first-order valence-electron chi connectivity index (χ1n) is 12.8. The zero-order valence-corrected chi connectivity index (χ0v) is 21.5. The Kier molecular flexibility index (Phi) is 7.39. The van der Waals surface area contributed by atoms with Crippen molar-refractivity contribution >= 4 is 11.6 Å². The summed E-state index contributed by atoms with van der Waals surface area (Å²) in [6, 6.07) is 14.5. The van der Waals surface area contributed by atoms with Crippen molar-refractivity contribution in [3.05, 3.63) is 71.3 Å². The molecule has 7 heteroatoms. The Balaban J connectivity index is 1.36. The highest BCUT2D eigenvalue weighted by atomic mass is 16.5. The summed E-state index contributed by atoms with van der Waals surface area (Å²) in [7, 11) is 5.45. The van der Waals surface area contributed by atoms with E-state index in [0.717, 1.165) is 62.4 Å². The summed E-state index contributed by atoms with van der Waals surface area (Å²) in [5.41, 5.74) is 4.31. The molecule has 3 aliphatic rings. The molecule has 0 spiro atoms. The Labute approximate surface area is 214 Å². The van der Waals surface area contributed by atoms with E-state index >= 15 is 0 Å². The third-order valence-corrected chi connectivity index (χ3v) is 7.62. The SMILES string of the molecule is COc1ccc(C2=NN(Cc3ccc(CN4CCN(C)CC4)cc3)C(=O)[C@H]3CC=CC[C@@H]23)cc1OC. The average molecular weight is 489 g/mol. The number of hydrogen-bond donors (Lipinski definition) is 0. The lowest BCUT2D eigenvalue weighted by Crippen LogP contribution is -2.45. The lowest BCUT2D eigenvalue weighted by atomic mass is 9.76. The van der Waals surface area contributed by atoms with E-state index in [1.807, 2.05) is 18.2 Å². The molecule has 1 aliphatic carbocycles. The molecule has 190 valence electrons. The predicted molar refractivity (Wildman–Crippen MR) is 141 cm³/mol. The highest BCUT2D eigenvalue weighted by Crippen LogP contribution is 2.37. The number of hydrazone groups is 1. The number of benzene rings is 2. The molecular weight excluding hydrogens is 452 g/mol. The molecule has 36 heavy (non-hydrogen) atoms. The number of nitrogens with zero attached hydrogens (tertiary/aromatic N) is 4. The summed E-state index contributed by atoms with van der Waals surface area (Å²) in [5, 5.41) is 6.59. The second kappa shape index (κ2) is 10.8. The van der Waals surface area contributed by atoms with E-state index in [-0.39, 0.29) is 17.7 Å². The van der Waals surface area contributed by atoms with Gasteiger partial charge in [0.25, 0.3) is 0 Å². The van der Waals surface area contributed by atoms with E-state index in [0.29, 0.717) is 18.0 Å². The largest absolute Gasteiger partial charge is 0.493 e. The summed E-state index contributed by atoms with van der Waals surface area (Å²) < 4.78 is 11.0. The van der Waals surface area contributed by atoms with Gasteiger partial charge in [-0.2, -0.15) is 5.10 Å². The van der Waals surface area contributed by atoms with Crippen LogP contribution in [0.25, 0.3) is 0 Å². The van der Waals surface area contributed by atoms with Gasteiger partial charge < -0.3 is 14.4 Å². The second-order valence-corrected chi connectivity index (χ2v) is 10.0. The summed E-state index contributed by atoms with van der Waals surface area (Å²) in [4.78, 5) is 18.3. The van der Waals surface area contributed by atoms with Crippen molar-refractivity contribution < 1.29 is 14.3 Å². The van der Waals surface area contributed by atoms with E-state index in [1.165, 1.54) is 5.56 Å². The van der Waals surface area contributed by atoms with Crippen molar-refractivity contribution in [1.29, 1.82) is 0 Å². The van der Waals surface area contributed by atoms with Crippen LogP contribution in [0.15, 0.2) is 59.7 Å². The lowest BCUT2D eigenvalue weighted by Gasteiger charge is -2.37. The fourth-order valence-corrected chi connectivity index (χ4v) is 5.40. The average Bonchev–Trinajstić information content (AvgIpc) is 2.92. The van der Waals surface area contributed by atoms with Crippen LogP contribution in [0.1, 0.15) is 29.5 Å². The van der Waals surface area contributed by atoms with Crippen LogP contribution in [-0.2, 0) is 17.9 Å². The Morgan fingerprint density at radius 3 is 2.14 bits per heavy atom. The number of fused-ring (bicyclic) bond motifs is 1. The third kappa shape index (κ3) is 5.18. The number of carbonyl (C=O) groups excluding carboxylic acids is 1. The van der Waals surface area contributed by atoms with Crippen molar-refractivity contribution in [2.24, 2.45) is 16.9 Å². The van der Waals surface area contributed by atoms with Gasteiger partial charge in [0.05, 0.1) is 32.4 Å². The van der Waals surface area contributed by atoms with Gasteiger partial charge in [-0.3, -0.25) is 9.69 Å². The maximum Gasteiger partial charge on any atom is 0.247 e. The molecule has 0 N–H and O–H groups in total.